The molecule has 0 bridgehead atoms. The first kappa shape index (κ1) is 12.1. The van der Waals surface area contributed by atoms with Gasteiger partial charge in [0.05, 0.1) is 0 Å². The fourth-order valence-corrected chi connectivity index (χ4v) is 1.58. The summed E-state index contributed by atoms with van der Waals surface area (Å²) in [6.07, 6.45) is -1.09. The van der Waals surface area contributed by atoms with Crippen molar-refractivity contribution < 1.29 is 5.11 Å². The Morgan fingerprint density at radius 2 is 1.79 bits per heavy atom. The van der Waals surface area contributed by atoms with E-state index in [4.69, 9.17) is 34.8 Å². The van der Waals surface area contributed by atoms with Crippen LogP contribution in [0.2, 0.25) is 0 Å². The maximum atomic E-state index is 9.77. The van der Waals surface area contributed by atoms with Gasteiger partial charge in [0.1, 0.15) is 6.10 Å². The number of halogens is 3. The van der Waals surface area contributed by atoms with E-state index < -0.39 is 9.90 Å². The van der Waals surface area contributed by atoms with Crippen LogP contribution in [0.4, 0.5) is 0 Å². The highest BCUT2D eigenvalue weighted by Gasteiger charge is 2.32. The van der Waals surface area contributed by atoms with Gasteiger partial charge in [-0.05, 0) is 25.0 Å². The molecule has 0 aliphatic rings. The predicted octanol–water partition coefficient (Wildman–Crippen LogP) is 3.71. The summed E-state index contributed by atoms with van der Waals surface area (Å²) in [6.45, 7) is 3.79. The lowest BCUT2D eigenvalue weighted by molar-refractivity contribution is 0.181. The lowest BCUT2D eigenvalue weighted by atomic mass is 10.0. The van der Waals surface area contributed by atoms with Crippen molar-refractivity contribution >= 4 is 34.8 Å². The molecule has 14 heavy (non-hydrogen) atoms. The second-order valence-electron chi connectivity index (χ2n) is 3.30. The molecule has 78 valence electrons. The molecule has 0 aliphatic heterocycles. The van der Waals surface area contributed by atoms with Gasteiger partial charge in [-0.1, -0.05) is 58.6 Å². The van der Waals surface area contributed by atoms with Crippen molar-refractivity contribution in [2.24, 2.45) is 0 Å². The number of aryl methyl sites for hydroxylation is 2. The first-order valence-electron chi connectivity index (χ1n) is 4.14. The fourth-order valence-electron chi connectivity index (χ4n) is 1.23. The molecule has 1 nitrogen and oxygen atoms in total. The zero-order valence-electron chi connectivity index (χ0n) is 7.89. The van der Waals surface area contributed by atoms with E-state index in [0.717, 1.165) is 11.1 Å². The summed E-state index contributed by atoms with van der Waals surface area (Å²) >= 11 is 16.9. The van der Waals surface area contributed by atoms with Crippen LogP contribution in [0.25, 0.3) is 0 Å². The summed E-state index contributed by atoms with van der Waals surface area (Å²) in [5.41, 5.74) is 2.60. The maximum absolute atomic E-state index is 9.77. The van der Waals surface area contributed by atoms with E-state index in [1.165, 1.54) is 0 Å². The van der Waals surface area contributed by atoms with E-state index in [1.54, 1.807) is 0 Å². The van der Waals surface area contributed by atoms with Crippen molar-refractivity contribution in [2.45, 2.75) is 23.7 Å². The largest absolute Gasteiger partial charge is 0.384 e. The molecule has 1 N–H and O–H groups in total. The van der Waals surface area contributed by atoms with Crippen LogP contribution in [0.15, 0.2) is 18.2 Å². The molecule has 1 aromatic carbocycles. The summed E-state index contributed by atoms with van der Waals surface area (Å²) < 4.78 is -1.68. The molecule has 0 saturated carbocycles. The molecule has 1 atom stereocenters. The summed E-state index contributed by atoms with van der Waals surface area (Å²) in [5, 5.41) is 9.77. The smallest absolute Gasteiger partial charge is 0.220 e. The molecule has 0 saturated heterocycles. The van der Waals surface area contributed by atoms with Crippen molar-refractivity contribution in [3.63, 3.8) is 0 Å². The van der Waals surface area contributed by atoms with E-state index in [-0.39, 0.29) is 0 Å². The molecule has 0 amide bonds. The Labute approximate surface area is 98.6 Å². The minimum absolute atomic E-state index is 0.657. The van der Waals surface area contributed by atoms with Gasteiger partial charge in [0.25, 0.3) is 0 Å². The Hall–Kier alpha value is 0.0500. The molecule has 0 aliphatic carbocycles. The first-order chi connectivity index (χ1) is 6.32. The number of aliphatic hydroxyl groups excluding tert-OH is 1. The maximum Gasteiger partial charge on any atom is 0.220 e. The highest BCUT2D eigenvalue weighted by atomic mass is 35.6. The normalized spacial score (nSPS) is 14.1. The van der Waals surface area contributed by atoms with E-state index in [1.807, 2.05) is 32.0 Å². The van der Waals surface area contributed by atoms with Gasteiger partial charge >= 0.3 is 0 Å². The molecule has 0 spiro atoms. The van der Waals surface area contributed by atoms with Gasteiger partial charge in [0.2, 0.25) is 3.79 Å². The van der Waals surface area contributed by atoms with Gasteiger partial charge in [-0.15, -0.1) is 0 Å². The Bertz CT molecular complexity index is 331. The van der Waals surface area contributed by atoms with Crippen LogP contribution in [-0.2, 0) is 0 Å². The van der Waals surface area contributed by atoms with Crippen molar-refractivity contribution in [3.8, 4) is 0 Å². The summed E-state index contributed by atoms with van der Waals surface area (Å²) in [6, 6.07) is 5.66. The second-order valence-corrected chi connectivity index (χ2v) is 5.67. The van der Waals surface area contributed by atoms with Crippen LogP contribution < -0.4 is 0 Å². The minimum atomic E-state index is -1.68. The lowest BCUT2D eigenvalue weighted by Gasteiger charge is -2.21. The highest BCUT2D eigenvalue weighted by molar-refractivity contribution is 6.68. The van der Waals surface area contributed by atoms with Crippen LogP contribution in [0.1, 0.15) is 22.8 Å². The second kappa shape index (κ2) is 4.28. The van der Waals surface area contributed by atoms with Crippen molar-refractivity contribution in [3.05, 3.63) is 34.9 Å². The van der Waals surface area contributed by atoms with E-state index in [2.05, 4.69) is 0 Å². The Morgan fingerprint density at radius 3 is 2.29 bits per heavy atom. The number of alkyl halides is 3. The molecule has 0 aromatic heterocycles. The molecule has 0 heterocycles. The highest BCUT2D eigenvalue weighted by Crippen LogP contribution is 2.40. The summed E-state index contributed by atoms with van der Waals surface area (Å²) in [7, 11) is 0. The Balaban J connectivity index is 3.12. The summed E-state index contributed by atoms with van der Waals surface area (Å²) in [4.78, 5) is 0. The first-order valence-corrected chi connectivity index (χ1v) is 5.27. The molecule has 0 fully saturated rings. The Morgan fingerprint density at radius 1 is 1.21 bits per heavy atom. The van der Waals surface area contributed by atoms with E-state index in [9.17, 15) is 5.11 Å². The molecule has 1 unspecified atom stereocenters. The van der Waals surface area contributed by atoms with Crippen molar-refractivity contribution in [2.75, 3.05) is 0 Å². The van der Waals surface area contributed by atoms with Crippen molar-refractivity contribution in [1.82, 2.24) is 0 Å². The van der Waals surface area contributed by atoms with E-state index >= 15 is 0 Å². The average Bonchev–Trinajstić information content (AvgIpc) is 2.06. The van der Waals surface area contributed by atoms with Crippen molar-refractivity contribution in [1.29, 1.82) is 0 Å². The predicted molar refractivity (Wildman–Crippen MR) is 61.2 cm³/mol. The number of benzene rings is 1. The van der Waals surface area contributed by atoms with Gasteiger partial charge in [-0.2, -0.15) is 0 Å². The molecule has 0 radical (unpaired) electrons. The standard InChI is InChI=1S/C10H11Cl3O/c1-6-3-4-7(2)8(5-6)9(14)10(11,12)13/h3-5,9,14H,1-2H3. The summed E-state index contributed by atoms with van der Waals surface area (Å²) in [5.74, 6) is 0. The molecular weight excluding hydrogens is 242 g/mol. The number of hydrogen-bond acceptors (Lipinski definition) is 1. The van der Waals surface area contributed by atoms with Crippen LogP contribution in [0.3, 0.4) is 0 Å². The number of hydrogen-bond donors (Lipinski definition) is 1. The molecule has 4 heteroatoms. The monoisotopic (exact) mass is 252 g/mol. The third-order valence-corrected chi connectivity index (χ3v) is 2.66. The van der Waals surface area contributed by atoms with E-state index in [0.29, 0.717) is 5.56 Å². The van der Waals surface area contributed by atoms with Crippen LogP contribution in [0.5, 0.6) is 0 Å². The third kappa shape index (κ3) is 2.77. The Kier molecular flexibility index (Phi) is 3.70. The fraction of sp³-hybridized carbons (Fsp3) is 0.400. The SMILES string of the molecule is Cc1ccc(C)c(C(O)C(Cl)(Cl)Cl)c1. The molecule has 1 rings (SSSR count). The van der Waals surface area contributed by atoms with Crippen LogP contribution >= 0.6 is 34.8 Å². The van der Waals surface area contributed by atoms with Gasteiger partial charge in [-0.3, -0.25) is 0 Å². The van der Waals surface area contributed by atoms with Gasteiger partial charge < -0.3 is 5.11 Å². The number of aliphatic hydroxyl groups is 1. The van der Waals surface area contributed by atoms with Gasteiger partial charge in [0.15, 0.2) is 0 Å². The van der Waals surface area contributed by atoms with Crippen LogP contribution in [0, 0.1) is 13.8 Å². The minimum Gasteiger partial charge on any atom is -0.384 e. The third-order valence-electron chi connectivity index (χ3n) is 2.04. The zero-order valence-corrected chi connectivity index (χ0v) is 10.2. The molecule has 1 aromatic rings. The number of rotatable bonds is 1. The average molecular weight is 254 g/mol. The van der Waals surface area contributed by atoms with Gasteiger partial charge in [0, 0.05) is 0 Å². The lowest BCUT2D eigenvalue weighted by Crippen LogP contribution is -2.17. The molecular formula is C10H11Cl3O. The topological polar surface area (TPSA) is 20.2 Å². The quantitative estimate of drug-likeness (QED) is 0.757. The van der Waals surface area contributed by atoms with Gasteiger partial charge in [-0.25, -0.2) is 0 Å². The zero-order chi connectivity index (χ0) is 10.9. The van der Waals surface area contributed by atoms with Crippen LogP contribution in [-0.4, -0.2) is 8.90 Å².